The molecule has 3 nitrogen and oxygen atoms in total. The van der Waals surface area contributed by atoms with Crippen LogP contribution in [0.5, 0.6) is 5.75 Å². The number of nitrogens with two attached hydrogens (primary N) is 1. The van der Waals surface area contributed by atoms with Gasteiger partial charge in [-0.15, -0.1) is 0 Å². The highest BCUT2D eigenvalue weighted by molar-refractivity contribution is 6.33. The fourth-order valence-corrected chi connectivity index (χ4v) is 2.42. The number of nitrogens with zero attached hydrogens (tertiary/aromatic N) is 1. The number of pyridine rings is 1. The third kappa shape index (κ3) is 3.38. The van der Waals surface area contributed by atoms with E-state index in [1.54, 1.807) is 12.3 Å². The van der Waals surface area contributed by atoms with Crippen molar-refractivity contribution in [2.45, 2.75) is 6.61 Å². The number of hydrogen-bond donors (Lipinski definition) is 1. The van der Waals surface area contributed by atoms with Crippen molar-refractivity contribution in [2.24, 2.45) is 0 Å². The number of rotatable bonds is 4. The Morgan fingerprint density at radius 2 is 1.82 bits per heavy atom. The minimum absolute atomic E-state index is 0.521. The summed E-state index contributed by atoms with van der Waals surface area (Å²) in [6, 6.07) is 19.4. The SMILES string of the molecule is Nc1cnc(-c2cccc(OCc3ccccc3)c2)c(Cl)c1. The summed E-state index contributed by atoms with van der Waals surface area (Å²) in [4.78, 5) is 4.29. The monoisotopic (exact) mass is 310 g/mol. The molecule has 0 spiro atoms. The Kier molecular flexibility index (Phi) is 4.26. The molecule has 1 heterocycles. The fraction of sp³-hybridized carbons (Fsp3) is 0.0556. The summed E-state index contributed by atoms with van der Waals surface area (Å²) in [5, 5.41) is 0.528. The Labute approximate surface area is 134 Å². The van der Waals surface area contributed by atoms with Crippen LogP contribution >= 0.6 is 11.6 Å². The van der Waals surface area contributed by atoms with E-state index in [4.69, 9.17) is 22.1 Å². The van der Waals surface area contributed by atoms with Crippen molar-refractivity contribution in [2.75, 3.05) is 5.73 Å². The first-order valence-electron chi connectivity index (χ1n) is 6.90. The molecule has 110 valence electrons. The molecule has 22 heavy (non-hydrogen) atoms. The van der Waals surface area contributed by atoms with Crippen molar-refractivity contribution in [1.82, 2.24) is 4.98 Å². The van der Waals surface area contributed by atoms with Crippen LogP contribution in [0.1, 0.15) is 5.56 Å². The van der Waals surface area contributed by atoms with Gasteiger partial charge in [0.25, 0.3) is 0 Å². The van der Waals surface area contributed by atoms with E-state index in [2.05, 4.69) is 4.98 Å². The molecule has 0 unspecified atom stereocenters. The summed E-state index contributed by atoms with van der Waals surface area (Å²) in [6.45, 7) is 0.521. The zero-order valence-electron chi connectivity index (χ0n) is 11.9. The minimum Gasteiger partial charge on any atom is -0.489 e. The van der Waals surface area contributed by atoms with E-state index < -0.39 is 0 Å². The molecule has 0 bridgehead atoms. The van der Waals surface area contributed by atoms with Crippen LogP contribution in [0.25, 0.3) is 11.3 Å². The Hall–Kier alpha value is -2.52. The molecule has 0 fully saturated rings. The molecule has 1 aromatic heterocycles. The van der Waals surface area contributed by atoms with E-state index >= 15 is 0 Å². The van der Waals surface area contributed by atoms with Gasteiger partial charge in [0.2, 0.25) is 0 Å². The van der Waals surface area contributed by atoms with Crippen LogP contribution in [0.4, 0.5) is 5.69 Å². The Morgan fingerprint density at radius 1 is 1.00 bits per heavy atom. The van der Waals surface area contributed by atoms with Gasteiger partial charge >= 0.3 is 0 Å². The van der Waals surface area contributed by atoms with Gasteiger partial charge in [0.15, 0.2) is 0 Å². The van der Waals surface area contributed by atoms with Crippen LogP contribution in [0.15, 0.2) is 66.9 Å². The summed E-state index contributed by atoms with van der Waals surface area (Å²) in [7, 11) is 0. The highest BCUT2D eigenvalue weighted by atomic mass is 35.5. The van der Waals surface area contributed by atoms with Crippen LogP contribution in [-0.2, 0) is 6.61 Å². The van der Waals surface area contributed by atoms with Gasteiger partial charge < -0.3 is 10.5 Å². The number of hydrogen-bond acceptors (Lipinski definition) is 3. The standard InChI is InChI=1S/C18H15ClN2O/c19-17-10-15(20)11-21-18(17)14-7-4-8-16(9-14)22-12-13-5-2-1-3-6-13/h1-11H,12,20H2. The summed E-state index contributed by atoms with van der Waals surface area (Å²) in [5.41, 5.74) is 8.94. The molecular weight excluding hydrogens is 296 g/mol. The average Bonchev–Trinajstić information content (AvgIpc) is 2.54. The number of anilines is 1. The first-order chi connectivity index (χ1) is 10.7. The molecule has 0 saturated carbocycles. The van der Waals surface area contributed by atoms with E-state index in [9.17, 15) is 0 Å². The Morgan fingerprint density at radius 3 is 2.59 bits per heavy atom. The van der Waals surface area contributed by atoms with Gasteiger partial charge in [-0.1, -0.05) is 54.1 Å². The molecule has 0 aliphatic rings. The lowest BCUT2D eigenvalue weighted by Gasteiger charge is -2.09. The van der Waals surface area contributed by atoms with Crippen molar-refractivity contribution in [3.05, 3.63) is 77.4 Å². The smallest absolute Gasteiger partial charge is 0.120 e. The molecule has 3 aromatic rings. The second-order valence-corrected chi connectivity index (χ2v) is 5.31. The van der Waals surface area contributed by atoms with E-state index in [1.807, 2.05) is 54.6 Å². The van der Waals surface area contributed by atoms with Crippen LogP contribution in [0, 0.1) is 0 Å². The van der Waals surface area contributed by atoms with E-state index in [0.717, 1.165) is 16.9 Å². The van der Waals surface area contributed by atoms with E-state index in [1.165, 1.54) is 0 Å². The van der Waals surface area contributed by atoms with Gasteiger partial charge in [-0.25, -0.2) is 0 Å². The molecule has 3 rings (SSSR count). The maximum atomic E-state index is 6.21. The van der Waals surface area contributed by atoms with Gasteiger partial charge in [0, 0.05) is 5.56 Å². The summed E-state index contributed by atoms with van der Waals surface area (Å²) in [6.07, 6.45) is 1.60. The lowest BCUT2D eigenvalue weighted by Crippen LogP contribution is -1.95. The first-order valence-corrected chi connectivity index (χ1v) is 7.28. The molecule has 0 aliphatic heterocycles. The zero-order chi connectivity index (χ0) is 15.4. The second-order valence-electron chi connectivity index (χ2n) is 4.90. The number of halogens is 1. The van der Waals surface area contributed by atoms with Crippen molar-refractivity contribution < 1.29 is 4.74 Å². The molecular formula is C18H15ClN2O. The van der Waals surface area contributed by atoms with Crippen LogP contribution < -0.4 is 10.5 Å². The van der Waals surface area contributed by atoms with Gasteiger partial charge in [0.1, 0.15) is 12.4 Å². The third-order valence-corrected chi connectivity index (χ3v) is 3.51. The predicted molar refractivity (Wildman–Crippen MR) is 89.9 cm³/mol. The molecule has 0 saturated heterocycles. The van der Waals surface area contributed by atoms with Gasteiger partial charge in [-0.2, -0.15) is 0 Å². The molecule has 2 N–H and O–H groups in total. The number of benzene rings is 2. The van der Waals surface area contributed by atoms with Gasteiger partial charge in [-0.05, 0) is 23.8 Å². The third-order valence-electron chi connectivity index (χ3n) is 3.22. The van der Waals surface area contributed by atoms with Gasteiger partial charge in [0.05, 0.1) is 22.6 Å². The topological polar surface area (TPSA) is 48.1 Å². The van der Waals surface area contributed by atoms with E-state index in [-0.39, 0.29) is 0 Å². The van der Waals surface area contributed by atoms with Crippen LogP contribution in [0.2, 0.25) is 5.02 Å². The molecule has 2 aromatic carbocycles. The Balaban J connectivity index is 1.80. The summed E-state index contributed by atoms with van der Waals surface area (Å²) < 4.78 is 5.82. The minimum atomic E-state index is 0.521. The number of nitrogen functional groups attached to an aromatic ring is 1. The Bertz CT molecular complexity index is 775. The molecule has 0 radical (unpaired) electrons. The highest BCUT2D eigenvalue weighted by Gasteiger charge is 2.07. The summed E-state index contributed by atoms with van der Waals surface area (Å²) in [5.74, 6) is 0.774. The quantitative estimate of drug-likeness (QED) is 0.768. The van der Waals surface area contributed by atoms with Crippen LogP contribution in [0.3, 0.4) is 0 Å². The van der Waals surface area contributed by atoms with Crippen molar-refractivity contribution >= 4 is 17.3 Å². The largest absolute Gasteiger partial charge is 0.489 e. The average molecular weight is 311 g/mol. The lowest BCUT2D eigenvalue weighted by molar-refractivity contribution is 0.306. The lowest BCUT2D eigenvalue weighted by atomic mass is 10.1. The van der Waals surface area contributed by atoms with Crippen molar-refractivity contribution in [1.29, 1.82) is 0 Å². The fourth-order valence-electron chi connectivity index (χ4n) is 2.14. The number of aromatic nitrogens is 1. The predicted octanol–water partition coefficient (Wildman–Crippen LogP) is 4.56. The van der Waals surface area contributed by atoms with Crippen molar-refractivity contribution in [3.63, 3.8) is 0 Å². The first kappa shape index (κ1) is 14.4. The van der Waals surface area contributed by atoms with Crippen LogP contribution in [-0.4, -0.2) is 4.98 Å². The van der Waals surface area contributed by atoms with E-state index in [0.29, 0.717) is 23.0 Å². The van der Waals surface area contributed by atoms with Crippen molar-refractivity contribution in [3.8, 4) is 17.0 Å². The maximum Gasteiger partial charge on any atom is 0.120 e. The molecule has 0 atom stereocenters. The maximum absolute atomic E-state index is 6.21. The second kappa shape index (κ2) is 6.50. The molecule has 0 amide bonds. The number of ether oxygens (including phenoxy) is 1. The molecule has 0 aliphatic carbocycles. The highest BCUT2D eigenvalue weighted by Crippen LogP contribution is 2.29. The zero-order valence-corrected chi connectivity index (χ0v) is 12.6. The van der Waals surface area contributed by atoms with Gasteiger partial charge in [-0.3, -0.25) is 4.98 Å². The summed E-state index contributed by atoms with van der Waals surface area (Å²) >= 11 is 6.21. The normalized spacial score (nSPS) is 10.4. The molecule has 4 heteroatoms.